The maximum atomic E-state index is 14.4. The zero-order valence-electron chi connectivity index (χ0n) is 42.4. The van der Waals surface area contributed by atoms with Crippen LogP contribution in [-0.4, -0.2) is 30.1 Å². The number of anilines is 1. The van der Waals surface area contributed by atoms with Crippen LogP contribution in [0.5, 0.6) is 34.5 Å². The smallest absolute Gasteiger partial charge is 0.266 e. The number of hydrogen-bond donors (Lipinski definition) is 0. The van der Waals surface area contributed by atoms with Crippen LogP contribution in [0.15, 0.2) is 200 Å². The van der Waals surface area contributed by atoms with Crippen molar-refractivity contribution < 1.29 is 37.4 Å². The molecule has 2 amide bonds. The molecule has 382 valence electrons. The Morgan fingerprint density at radius 1 is 0.562 bits per heavy atom. The lowest BCUT2D eigenvalue weighted by Crippen LogP contribution is -2.30. The number of carbonyl (C=O) groups is 2. The van der Waals surface area contributed by atoms with Gasteiger partial charge in [-0.1, -0.05) is 96.8 Å². The number of benzene rings is 10. The first-order chi connectivity index (χ1) is 39.1. The van der Waals surface area contributed by atoms with Crippen LogP contribution in [-0.2, 0) is 10.2 Å². The predicted molar refractivity (Wildman–Crippen MR) is 307 cm³/mol. The van der Waals surface area contributed by atoms with Crippen LogP contribution in [0.4, 0.5) is 5.69 Å². The Morgan fingerprint density at radius 3 is 1.80 bits per heavy atom. The van der Waals surface area contributed by atoms with Crippen molar-refractivity contribution in [2.75, 3.05) is 18.1 Å². The van der Waals surface area contributed by atoms with E-state index in [2.05, 4.69) is 36.1 Å². The van der Waals surface area contributed by atoms with E-state index in [1.807, 2.05) is 84.9 Å². The molecule has 12 nitrogen and oxygen atoms in total. The molecule has 0 radical (unpaired) electrons. The number of hydrogen-bond acceptors (Lipinski definition) is 10. The van der Waals surface area contributed by atoms with E-state index < -0.39 is 22.4 Å². The first kappa shape index (κ1) is 47.4. The summed E-state index contributed by atoms with van der Waals surface area (Å²) in [7, 11) is 0. The molecule has 2 aliphatic rings. The van der Waals surface area contributed by atoms with E-state index in [-0.39, 0.29) is 35.1 Å². The predicted octanol–water partition coefficient (Wildman–Crippen LogP) is 13.5. The molecule has 10 aromatic carbocycles. The standard InChI is InChI=1S/C68H40N2O10/c1-4-28-75-44-22-24-46-40(31-44)12-10-18-55(46)69(38-71)65(72)50-35-62-59(30-39(50)3)79-60-33-42(20-26-57(60)77-62)68(53-16-8-6-14-48(53)49-15-7-9-17-54(49)68)43-21-27-58-61(34-43)80-64-37-52-51(36-63(64)78-58)66(73)70(67(52)74)56-19-11-13-41-32-45(76-29-5-2)23-25-47(41)56/h1-2,6-27,30-38H,28-29H2,3H3. The second kappa shape index (κ2) is 18.3. The Labute approximate surface area is 455 Å². The van der Waals surface area contributed by atoms with E-state index in [0.717, 1.165) is 49.1 Å². The monoisotopic (exact) mass is 1040 g/mol. The Kier molecular flexibility index (Phi) is 10.8. The van der Waals surface area contributed by atoms with E-state index >= 15 is 0 Å². The van der Waals surface area contributed by atoms with E-state index in [1.165, 1.54) is 4.57 Å². The molecule has 80 heavy (non-hydrogen) atoms. The molecule has 0 N–H and O–H groups in total. The summed E-state index contributed by atoms with van der Waals surface area (Å²) in [5.74, 6) is 7.06. The van der Waals surface area contributed by atoms with Gasteiger partial charge in [0.2, 0.25) is 6.41 Å². The van der Waals surface area contributed by atoms with Gasteiger partial charge in [0.15, 0.2) is 45.3 Å². The second-order valence-corrected chi connectivity index (χ2v) is 19.6. The quantitative estimate of drug-likeness (QED) is 0.0739. The van der Waals surface area contributed by atoms with E-state index in [9.17, 15) is 19.2 Å². The molecule has 0 saturated heterocycles. The number of fused-ring (bicyclic) bond motifs is 10. The highest BCUT2D eigenvalue weighted by Crippen LogP contribution is 2.58. The molecule has 3 heterocycles. The summed E-state index contributed by atoms with van der Waals surface area (Å²) < 4.78 is 39.0. The molecule has 0 spiro atoms. The van der Waals surface area contributed by atoms with E-state index in [1.54, 1.807) is 79.7 Å². The molecule has 14 rings (SSSR count). The zero-order chi connectivity index (χ0) is 54.4. The average Bonchev–Trinajstić information content (AvgIpc) is 4.00. The molecular formula is C68H40N2O10. The molecule has 0 unspecified atom stereocenters. The first-order valence-electron chi connectivity index (χ1n) is 25.5. The highest BCUT2D eigenvalue weighted by molar-refractivity contribution is 6.20. The molecule has 0 fully saturated rings. The summed E-state index contributed by atoms with van der Waals surface area (Å²) in [5.41, 5.74) is 6.95. The fourth-order valence-electron chi connectivity index (χ4n) is 11.7. The fourth-order valence-corrected chi connectivity index (χ4v) is 11.7. The normalized spacial score (nSPS) is 12.6. The van der Waals surface area contributed by atoms with Crippen LogP contribution in [0.3, 0.4) is 0 Å². The van der Waals surface area contributed by atoms with Gasteiger partial charge in [-0.25, -0.2) is 9.47 Å². The van der Waals surface area contributed by atoms with Gasteiger partial charge in [0.25, 0.3) is 17.0 Å². The number of carbonyl (C=O) groups excluding carboxylic acids is 2. The number of imide groups is 1. The summed E-state index contributed by atoms with van der Waals surface area (Å²) >= 11 is 0. The molecule has 0 saturated carbocycles. The van der Waals surface area contributed by atoms with Crippen molar-refractivity contribution in [3.63, 3.8) is 0 Å². The van der Waals surface area contributed by atoms with Crippen molar-refractivity contribution in [3.05, 3.63) is 236 Å². The Balaban J connectivity index is 0.847. The number of terminal acetylenes is 2. The maximum Gasteiger partial charge on any atom is 0.266 e. The van der Waals surface area contributed by atoms with Crippen molar-refractivity contribution in [2.45, 2.75) is 12.3 Å². The third kappa shape index (κ3) is 7.20. The van der Waals surface area contributed by atoms with Gasteiger partial charge in [-0.3, -0.25) is 19.2 Å². The van der Waals surface area contributed by atoms with Gasteiger partial charge in [0.1, 0.15) is 24.7 Å². The summed E-state index contributed by atoms with van der Waals surface area (Å²) in [6, 6.07) is 56.2. The Bertz CT molecular complexity index is 4850. The highest BCUT2D eigenvalue weighted by atomic mass is 16.6. The zero-order valence-corrected chi connectivity index (χ0v) is 42.4. The van der Waals surface area contributed by atoms with Crippen LogP contribution in [0.1, 0.15) is 38.2 Å². The lowest BCUT2D eigenvalue weighted by molar-refractivity contribution is -0.106. The van der Waals surface area contributed by atoms with Gasteiger partial charge in [0.05, 0.1) is 27.6 Å². The van der Waals surface area contributed by atoms with E-state index in [4.69, 9.17) is 40.6 Å². The lowest BCUT2D eigenvalue weighted by atomic mass is 9.67. The lowest BCUT2D eigenvalue weighted by Gasteiger charge is -2.34. The van der Waals surface area contributed by atoms with Crippen LogP contribution < -0.4 is 35.0 Å². The van der Waals surface area contributed by atoms with Crippen LogP contribution in [0.2, 0.25) is 0 Å². The van der Waals surface area contributed by atoms with Gasteiger partial charge < -0.3 is 27.8 Å². The summed E-state index contributed by atoms with van der Waals surface area (Å²) in [6.45, 7) is 1.99. The van der Waals surface area contributed by atoms with Crippen LogP contribution >= 0.6 is 0 Å². The minimum atomic E-state index is -0.944. The van der Waals surface area contributed by atoms with E-state index in [0.29, 0.717) is 85.4 Å². The van der Waals surface area contributed by atoms with Gasteiger partial charge in [-0.2, -0.15) is 0 Å². The average molecular weight is 1050 g/mol. The summed E-state index contributed by atoms with van der Waals surface area (Å²) in [4.78, 5) is 56.8. The van der Waals surface area contributed by atoms with Crippen LogP contribution in [0.25, 0.3) is 71.5 Å². The second-order valence-electron chi connectivity index (χ2n) is 19.6. The molecule has 0 atom stereocenters. The Morgan fingerprint density at radius 2 is 1.12 bits per heavy atom. The van der Waals surface area contributed by atoms with Crippen molar-refractivity contribution in [1.82, 2.24) is 4.57 Å². The number of aryl methyl sites for hydroxylation is 1. The number of nitrogens with zero attached hydrogens (tertiary/aromatic N) is 2. The SMILES string of the molecule is C#CCOc1ccc2c(N(C=O)C(=O)c3cc4c(cc3C)Oc3cc(C5(c6ccc7oc8cc9c(=O)n(-c%10cccc%11cc(OCC#C)ccc%10%11)c(=O)c9cc8oc7c6)c6ccccc6-c6ccccc65)ccc3O4)cccc2c1. The molecule has 12 heteroatoms. The third-order valence-electron chi connectivity index (χ3n) is 15.2. The number of aromatic nitrogens is 1. The largest absolute Gasteiger partial charge is 0.481 e. The molecule has 0 bridgehead atoms. The summed E-state index contributed by atoms with van der Waals surface area (Å²) in [5, 5.41) is 3.25. The van der Waals surface area contributed by atoms with Gasteiger partial charge in [0, 0.05) is 16.3 Å². The van der Waals surface area contributed by atoms with Crippen molar-refractivity contribution in [2.24, 2.45) is 0 Å². The molecule has 1 aliphatic carbocycles. The van der Waals surface area contributed by atoms with Gasteiger partial charge in [-0.05, 0) is 154 Å². The number of ether oxygens (including phenoxy) is 4. The highest BCUT2D eigenvalue weighted by Gasteiger charge is 2.47. The summed E-state index contributed by atoms with van der Waals surface area (Å²) in [6.07, 6.45) is 11.3. The van der Waals surface area contributed by atoms with Crippen molar-refractivity contribution in [3.8, 4) is 76.0 Å². The Hall–Kier alpha value is -11.1. The van der Waals surface area contributed by atoms with Gasteiger partial charge in [-0.15, -0.1) is 12.8 Å². The molecule has 12 aromatic rings. The number of amides is 2. The third-order valence-corrected chi connectivity index (χ3v) is 15.2. The van der Waals surface area contributed by atoms with Crippen molar-refractivity contribution >= 4 is 72.7 Å². The first-order valence-corrected chi connectivity index (χ1v) is 25.5. The maximum absolute atomic E-state index is 14.4. The van der Waals surface area contributed by atoms with Crippen LogP contribution in [0, 0.1) is 31.6 Å². The molecule has 2 aromatic heterocycles. The van der Waals surface area contributed by atoms with Crippen molar-refractivity contribution in [1.29, 1.82) is 0 Å². The number of rotatable bonds is 10. The molecule has 1 aliphatic heterocycles. The molecular weight excluding hydrogens is 1000 g/mol. The fraction of sp³-hybridized carbons (Fsp3) is 0.0588. The minimum Gasteiger partial charge on any atom is -0.481 e. The topological polar surface area (TPSA) is 140 Å². The minimum absolute atomic E-state index is 0.102. The van der Waals surface area contributed by atoms with Gasteiger partial charge >= 0.3 is 0 Å².